The van der Waals surface area contributed by atoms with E-state index >= 15 is 0 Å². The summed E-state index contributed by atoms with van der Waals surface area (Å²) in [6.45, 7) is 3.65. The minimum Gasteiger partial charge on any atom is -0.363 e. The number of hydrogen-bond acceptors (Lipinski definition) is 11. The summed E-state index contributed by atoms with van der Waals surface area (Å²) >= 11 is 25.1. The van der Waals surface area contributed by atoms with Crippen molar-refractivity contribution in [1.82, 2.24) is 9.97 Å². The van der Waals surface area contributed by atoms with E-state index in [4.69, 9.17) is 55.9 Å². The van der Waals surface area contributed by atoms with Crippen molar-refractivity contribution in [3.63, 3.8) is 0 Å². The third-order valence-corrected chi connectivity index (χ3v) is 16.1. The van der Waals surface area contributed by atoms with Gasteiger partial charge in [0.15, 0.2) is 0 Å². The monoisotopic (exact) mass is 1140 g/mol. The minimum atomic E-state index is -4.90. The number of methoxy groups -OCH3 is 2. The average Bonchev–Trinajstić information content (AvgIpc) is 3.33. The van der Waals surface area contributed by atoms with Gasteiger partial charge in [0.1, 0.15) is 24.8 Å². The average molecular weight is 1140 g/mol. The second-order valence-electron chi connectivity index (χ2n) is 15.0. The Hall–Kier alpha value is -4.97. The molecule has 6 rings (SSSR count). The Morgan fingerprint density at radius 2 is 0.986 bits per heavy atom. The molecule has 0 aliphatic heterocycles. The largest absolute Gasteiger partial charge is 0.417 e. The van der Waals surface area contributed by atoms with Gasteiger partial charge >= 0.3 is 12.4 Å². The maximum atomic E-state index is 13.6. The predicted molar refractivity (Wildman–Crippen MR) is 265 cm³/mol. The van der Waals surface area contributed by atoms with Gasteiger partial charge in [0.05, 0.1) is 63.8 Å². The van der Waals surface area contributed by atoms with Gasteiger partial charge in [0.2, 0.25) is 11.6 Å². The molecule has 72 heavy (non-hydrogen) atoms. The highest BCUT2D eigenvalue weighted by molar-refractivity contribution is 7.98. The van der Waals surface area contributed by atoms with E-state index < -0.39 is 88.4 Å². The number of nitrogens with zero attached hydrogens (tertiary/aromatic N) is 4. The van der Waals surface area contributed by atoms with E-state index in [9.17, 15) is 52.8 Å². The van der Waals surface area contributed by atoms with Crippen LogP contribution in [0.4, 0.5) is 37.7 Å². The normalized spacial score (nSPS) is 12.0. The molecular weight excluding hydrogens is 1100 g/mol. The number of aromatic nitrogens is 2. The molecule has 2 aromatic heterocycles. The fourth-order valence-electron chi connectivity index (χ4n) is 6.78. The number of alkyl halides is 6. The summed E-state index contributed by atoms with van der Waals surface area (Å²) in [4.78, 5) is 34.9. The molecule has 0 bridgehead atoms. The third kappa shape index (κ3) is 12.7. The number of aryl methyl sites for hydroxylation is 3. The first kappa shape index (κ1) is 57.9. The van der Waals surface area contributed by atoms with Crippen LogP contribution in [0.2, 0.25) is 20.1 Å². The molecule has 0 aliphatic carbocycles. The summed E-state index contributed by atoms with van der Waals surface area (Å²) < 4.78 is 146. The Balaban J connectivity index is 0.000000267. The van der Waals surface area contributed by atoms with E-state index in [-0.39, 0.29) is 49.8 Å². The molecular formula is C47H40Cl4F6N4O8S3. The lowest BCUT2D eigenvalue weighted by molar-refractivity contribution is -0.138. The summed E-state index contributed by atoms with van der Waals surface area (Å²) in [7, 11) is -7.02. The van der Waals surface area contributed by atoms with Crippen LogP contribution in [0.25, 0.3) is 0 Å². The molecule has 0 fully saturated rings. The van der Waals surface area contributed by atoms with Crippen LogP contribution >= 0.6 is 58.2 Å². The molecule has 0 aliphatic rings. The molecule has 0 unspecified atom stereocenters. The quantitative estimate of drug-likeness (QED) is 0.0394. The lowest BCUT2D eigenvalue weighted by Crippen LogP contribution is -2.35. The minimum absolute atomic E-state index is 0.0445. The van der Waals surface area contributed by atoms with Crippen LogP contribution in [0.3, 0.4) is 0 Å². The summed E-state index contributed by atoms with van der Waals surface area (Å²) in [5, 5.41) is -1.23. The zero-order chi connectivity index (χ0) is 53.7. The van der Waals surface area contributed by atoms with Crippen molar-refractivity contribution in [2.45, 2.75) is 54.2 Å². The molecule has 0 amide bonds. The van der Waals surface area contributed by atoms with E-state index in [1.165, 1.54) is 45.0 Å². The third-order valence-electron chi connectivity index (χ3n) is 10.4. The highest BCUT2D eigenvalue weighted by atomic mass is 35.5. The molecule has 384 valence electrons. The number of pyridine rings is 2. The van der Waals surface area contributed by atoms with Gasteiger partial charge in [0.25, 0.3) is 20.0 Å². The van der Waals surface area contributed by atoms with E-state index in [0.29, 0.717) is 43.2 Å². The first-order chi connectivity index (χ1) is 33.6. The van der Waals surface area contributed by atoms with Crippen molar-refractivity contribution >= 4 is 101 Å². The number of halogens is 10. The highest BCUT2D eigenvalue weighted by Crippen LogP contribution is 2.40. The van der Waals surface area contributed by atoms with Gasteiger partial charge in [-0.15, -0.1) is 11.8 Å². The number of carbonyl (C=O) groups is 2. The Kier molecular flexibility index (Phi) is 18.9. The number of carbonyl (C=O) groups excluding carboxylic acids is 2. The molecule has 0 saturated heterocycles. The summed E-state index contributed by atoms with van der Waals surface area (Å²) in [5.41, 5.74) is -1.86. The highest BCUT2D eigenvalue weighted by Gasteiger charge is 2.39. The number of sulfonamides is 2. The fraction of sp³-hybridized carbons (Fsp3) is 0.234. The maximum Gasteiger partial charge on any atom is 0.417 e. The smallest absolute Gasteiger partial charge is 0.363 e. The van der Waals surface area contributed by atoms with Crippen molar-refractivity contribution in [3.8, 4) is 0 Å². The van der Waals surface area contributed by atoms with Gasteiger partial charge in [-0.05, 0) is 92.8 Å². The summed E-state index contributed by atoms with van der Waals surface area (Å²) in [6.07, 6.45) is -7.50. The Bertz CT molecular complexity index is 3040. The second-order valence-corrected chi connectivity index (χ2v) is 21.2. The molecule has 4 aromatic carbocycles. The van der Waals surface area contributed by atoms with Crippen LogP contribution in [-0.4, -0.2) is 72.3 Å². The molecule has 0 spiro atoms. The first-order valence-corrected chi connectivity index (χ1v) is 26.2. The van der Waals surface area contributed by atoms with Crippen molar-refractivity contribution in [2.75, 3.05) is 42.5 Å². The standard InChI is InChI=1S/C24H21Cl2F3N2O4S.C23H19Cl2F3N2O4S2/c1-4-15-7-5-6-8-17(15)23(32)22-21(12-20(26)14(2)30-22)31(13-35-3)36(33,34)16-9-10-19(25)18(11-16)24(27,28)29;1-13-18(25)11-19(21(29-13)22(31)15-6-4-5-7-20(15)35-3)30(12-34-2)36(32,33)14-8-9-17(24)16(10-14)23(26,27)28/h5-12H,4,13H2,1-3H3;4-11H,12H2,1-3H3. The number of benzene rings is 4. The first-order valence-electron chi connectivity index (χ1n) is 20.6. The van der Waals surface area contributed by atoms with Crippen molar-refractivity contribution in [1.29, 1.82) is 0 Å². The molecule has 2 heterocycles. The van der Waals surface area contributed by atoms with Gasteiger partial charge in [0, 0.05) is 30.2 Å². The van der Waals surface area contributed by atoms with Gasteiger partial charge in [-0.1, -0.05) is 89.7 Å². The van der Waals surface area contributed by atoms with Crippen molar-refractivity contribution < 1.29 is 62.2 Å². The topological polar surface area (TPSA) is 153 Å². The second kappa shape index (κ2) is 23.5. The number of thioether (sulfide) groups is 1. The van der Waals surface area contributed by atoms with Gasteiger partial charge in [-0.2, -0.15) is 26.3 Å². The molecule has 0 saturated carbocycles. The molecule has 0 N–H and O–H groups in total. The number of ketones is 2. The van der Waals surface area contributed by atoms with Crippen LogP contribution in [0.15, 0.2) is 112 Å². The number of rotatable bonds is 16. The zero-order valence-electron chi connectivity index (χ0n) is 38.4. The fourth-order valence-corrected chi connectivity index (χ4v) is 10.9. The van der Waals surface area contributed by atoms with Gasteiger partial charge in [-0.3, -0.25) is 9.59 Å². The SMILES string of the molecule is CCc1ccccc1C(=O)c1nc(C)c(Cl)cc1N(COC)S(=O)(=O)c1ccc(Cl)c(C(F)(F)F)c1.COCN(c1cc(Cl)c(C)nc1C(=O)c1ccccc1SC)S(=O)(=O)c1ccc(Cl)c(C(F)(F)F)c1. The van der Waals surface area contributed by atoms with Gasteiger partial charge < -0.3 is 9.47 Å². The lowest BCUT2D eigenvalue weighted by atomic mass is 9.98. The van der Waals surface area contributed by atoms with E-state index in [1.54, 1.807) is 61.7 Å². The Morgan fingerprint density at radius 1 is 0.597 bits per heavy atom. The predicted octanol–water partition coefficient (Wildman–Crippen LogP) is 12.8. The molecule has 25 heteroatoms. The number of hydrogen-bond donors (Lipinski definition) is 0. The maximum absolute atomic E-state index is 13.6. The molecule has 6 aromatic rings. The van der Waals surface area contributed by atoms with E-state index in [2.05, 4.69) is 9.97 Å². The Labute approximate surface area is 435 Å². The van der Waals surface area contributed by atoms with Gasteiger partial charge in [-0.25, -0.2) is 35.4 Å². The van der Waals surface area contributed by atoms with Crippen LogP contribution in [0, 0.1) is 13.8 Å². The molecule has 12 nitrogen and oxygen atoms in total. The van der Waals surface area contributed by atoms with E-state index in [0.717, 1.165) is 24.3 Å². The van der Waals surface area contributed by atoms with Crippen molar-refractivity contribution in [3.05, 3.63) is 168 Å². The zero-order valence-corrected chi connectivity index (χ0v) is 43.9. The number of anilines is 2. The summed E-state index contributed by atoms with van der Waals surface area (Å²) in [5.74, 6) is -1.18. The van der Waals surface area contributed by atoms with Crippen LogP contribution < -0.4 is 8.61 Å². The molecule has 0 atom stereocenters. The molecule has 0 radical (unpaired) electrons. The summed E-state index contributed by atoms with van der Waals surface area (Å²) in [6, 6.07) is 20.3. The van der Waals surface area contributed by atoms with Crippen LogP contribution in [0.5, 0.6) is 0 Å². The number of ether oxygens (including phenoxy) is 2. The van der Waals surface area contributed by atoms with E-state index in [1.807, 2.05) is 6.92 Å². The lowest BCUT2D eigenvalue weighted by Gasteiger charge is -2.26. The van der Waals surface area contributed by atoms with Crippen LogP contribution in [-0.2, 0) is 48.3 Å². The van der Waals surface area contributed by atoms with Crippen molar-refractivity contribution in [2.24, 2.45) is 0 Å². The Morgan fingerprint density at radius 3 is 1.38 bits per heavy atom. The van der Waals surface area contributed by atoms with Crippen LogP contribution in [0.1, 0.15) is 67.1 Å².